The zero-order chi connectivity index (χ0) is 18.1. The summed E-state index contributed by atoms with van der Waals surface area (Å²) in [7, 11) is 0. The van der Waals surface area contributed by atoms with Gasteiger partial charge in [-0.25, -0.2) is 0 Å². The van der Waals surface area contributed by atoms with Gasteiger partial charge in [-0.1, -0.05) is 37.1 Å². The van der Waals surface area contributed by atoms with E-state index in [4.69, 9.17) is 11.6 Å². The van der Waals surface area contributed by atoms with Gasteiger partial charge in [0.25, 0.3) is 5.91 Å². The van der Waals surface area contributed by atoms with E-state index in [1.165, 1.54) is 6.08 Å². The number of halogens is 1. The summed E-state index contributed by atoms with van der Waals surface area (Å²) in [6.07, 6.45) is 5.16. The summed E-state index contributed by atoms with van der Waals surface area (Å²) in [5.41, 5.74) is 2.10. The lowest BCUT2D eigenvalue weighted by Crippen LogP contribution is -2.24. The molecule has 0 aromatic heterocycles. The molecule has 2 aromatic rings. The number of carbonyl (C=O) groups excluding carboxylic acids is 2. The van der Waals surface area contributed by atoms with Crippen LogP contribution in [0.3, 0.4) is 0 Å². The lowest BCUT2D eigenvalue weighted by atomic mass is 10.2. The van der Waals surface area contributed by atoms with Crippen molar-refractivity contribution in [2.75, 3.05) is 11.9 Å². The molecule has 0 radical (unpaired) electrons. The monoisotopic (exact) mass is 356 g/mol. The van der Waals surface area contributed by atoms with E-state index in [-0.39, 0.29) is 11.8 Å². The lowest BCUT2D eigenvalue weighted by molar-refractivity contribution is -0.111. The molecule has 0 fully saturated rings. The topological polar surface area (TPSA) is 58.2 Å². The van der Waals surface area contributed by atoms with E-state index in [9.17, 15) is 9.59 Å². The van der Waals surface area contributed by atoms with E-state index in [1.54, 1.807) is 42.5 Å². The molecular formula is C20H21ClN2O2. The minimum absolute atomic E-state index is 0.103. The van der Waals surface area contributed by atoms with Crippen LogP contribution >= 0.6 is 11.6 Å². The van der Waals surface area contributed by atoms with Crippen LogP contribution in [0.2, 0.25) is 5.02 Å². The number of benzene rings is 2. The first-order valence-electron chi connectivity index (χ1n) is 8.21. The third-order valence-corrected chi connectivity index (χ3v) is 3.78. The molecule has 2 amide bonds. The minimum Gasteiger partial charge on any atom is -0.352 e. The highest BCUT2D eigenvalue weighted by Crippen LogP contribution is 2.12. The normalized spacial score (nSPS) is 10.6. The quantitative estimate of drug-likeness (QED) is 0.566. The standard InChI is InChI=1S/C20H21ClN2O2/c1-2-3-14-22-20(25)16-7-11-18(12-8-16)23-19(24)13-6-15-4-9-17(21)10-5-15/h4-13H,2-3,14H2,1H3,(H,22,25)(H,23,24)/b13-6+. The second-order valence-electron chi connectivity index (χ2n) is 5.56. The fourth-order valence-electron chi connectivity index (χ4n) is 2.12. The van der Waals surface area contributed by atoms with Crippen LogP contribution in [0.25, 0.3) is 6.08 Å². The minimum atomic E-state index is -0.241. The number of nitrogens with one attached hydrogen (secondary N) is 2. The number of amides is 2. The molecule has 0 saturated heterocycles. The van der Waals surface area contributed by atoms with E-state index in [1.807, 2.05) is 12.1 Å². The Balaban J connectivity index is 1.88. The van der Waals surface area contributed by atoms with Gasteiger partial charge in [0.15, 0.2) is 0 Å². The maximum absolute atomic E-state index is 11.9. The van der Waals surface area contributed by atoms with E-state index < -0.39 is 0 Å². The fourth-order valence-corrected chi connectivity index (χ4v) is 2.24. The van der Waals surface area contributed by atoms with Gasteiger partial charge in [0, 0.05) is 28.9 Å². The van der Waals surface area contributed by atoms with Gasteiger partial charge in [0.05, 0.1) is 0 Å². The molecule has 0 aliphatic carbocycles. The molecule has 2 aromatic carbocycles. The Kier molecular flexibility index (Phi) is 7.23. The van der Waals surface area contributed by atoms with Crippen LogP contribution in [0, 0.1) is 0 Å². The van der Waals surface area contributed by atoms with E-state index in [0.717, 1.165) is 18.4 Å². The third-order valence-electron chi connectivity index (χ3n) is 3.53. The number of anilines is 1. The predicted octanol–water partition coefficient (Wildman–Crippen LogP) is 4.52. The van der Waals surface area contributed by atoms with Crippen molar-refractivity contribution in [3.8, 4) is 0 Å². The molecule has 0 spiro atoms. The second-order valence-corrected chi connectivity index (χ2v) is 6.00. The Bertz CT molecular complexity index is 737. The largest absolute Gasteiger partial charge is 0.352 e. The van der Waals surface area contributed by atoms with Crippen LogP contribution in [-0.4, -0.2) is 18.4 Å². The molecule has 130 valence electrons. The Hall–Kier alpha value is -2.59. The number of carbonyl (C=O) groups is 2. The Morgan fingerprint density at radius 1 is 1.04 bits per heavy atom. The highest BCUT2D eigenvalue weighted by atomic mass is 35.5. The van der Waals surface area contributed by atoms with Gasteiger partial charge in [0.2, 0.25) is 5.91 Å². The summed E-state index contributed by atoms with van der Waals surface area (Å²) >= 11 is 5.82. The second kappa shape index (κ2) is 9.64. The summed E-state index contributed by atoms with van der Waals surface area (Å²) in [6, 6.07) is 14.0. The van der Waals surface area contributed by atoms with Crippen molar-refractivity contribution in [3.05, 3.63) is 70.8 Å². The first-order chi connectivity index (χ1) is 12.1. The van der Waals surface area contributed by atoms with E-state index >= 15 is 0 Å². The molecule has 0 heterocycles. The molecule has 0 aliphatic rings. The van der Waals surface area contributed by atoms with Gasteiger partial charge in [-0.2, -0.15) is 0 Å². The van der Waals surface area contributed by atoms with Gasteiger partial charge in [-0.3, -0.25) is 9.59 Å². The SMILES string of the molecule is CCCCNC(=O)c1ccc(NC(=O)/C=C/c2ccc(Cl)cc2)cc1. The summed E-state index contributed by atoms with van der Waals surface area (Å²) in [6.45, 7) is 2.74. The molecule has 4 nitrogen and oxygen atoms in total. The molecule has 0 bridgehead atoms. The number of rotatable bonds is 7. The zero-order valence-electron chi connectivity index (χ0n) is 14.1. The molecule has 2 rings (SSSR count). The van der Waals surface area contributed by atoms with Crippen LogP contribution in [0.5, 0.6) is 0 Å². The molecule has 0 atom stereocenters. The van der Waals surface area contributed by atoms with Crippen molar-refractivity contribution in [3.63, 3.8) is 0 Å². The number of unbranched alkanes of at least 4 members (excludes halogenated alkanes) is 1. The molecule has 25 heavy (non-hydrogen) atoms. The molecule has 0 saturated carbocycles. The average molecular weight is 357 g/mol. The summed E-state index contributed by atoms with van der Waals surface area (Å²) < 4.78 is 0. The van der Waals surface area contributed by atoms with Crippen molar-refractivity contribution in [1.82, 2.24) is 5.32 Å². The summed E-state index contributed by atoms with van der Waals surface area (Å²) in [4.78, 5) is 23.9. The summed E-state index contributed by atoms with van der Waals surface area (Å²) in [5.74, 6) is -0.343. The Labute approximate surface area is 152 Å². The summed E-state index contributed by atoms with van der Waals surface area (Å²) in [5, 5.41) is 6.27. The maximum Gasteiger partial charge on any atom is 0.251 e. The lowest BCUT2D eigenvalue weighted by Gasteiger charge is -2.06. The Morgan fingerprint density at radius 3 is 2.36 bits per heavy atom. The van der Waals surface area contributed by atoms with Gasteiger partial charge >= 0.3 is 0 Å². The molecule has 5 heteroatoms. The van der Waals surface area contributed by atoms with Crippen LogP contribution < -0.4 is 10.6 Å². The molecule has 0 aliphatic heterocycles. The smallest absolute Gasteiger partial charge is 0.251 e. The van der Waals surface area contributed by atoms with Crippen LogP contribution in [0.1, 0.15) is 35.7 Å². The highest BCUT2D eigenvalue weighted by Gasteiger charge is 2.05. The molecule has 2 N–H and O–H groups in total. The van der Waals surface area contributed by atoms with Crippen LogP contribution in [0.4, 0.5) is 5.69 Å². The van der Waals surface area contributed by atoms with Crippen molar-refractivity contribution in [1.29, 1.82) is 0 Å². The van der Waals surface area contributed by atoms with Crippen molar-refractivity contribution in [2.45, 2.75) is 19.8 Å². The van der Waals surface area contributed by atoms with Crippen LogP contribution in [0.15, 0.2) is 54.6 Å². The number of hydrogen-bond donors (Lipinski definition) is 2. The zero-order valence-corrected chi connectivity index (χ0v) is 14.8. The van der Waals surface area contributed by atoms with Crippen molar-refractivity contribution < 1.29 is 9.59 Å². The first-order valence-corrected chi connectivity index (χ1v) is 8.59. The molecule has 0 unspecified atom stereocenters. The van der Waals surface area contributed by atoms with Crippen molar-refractivity contribution in [2.24, 2.45) is 0 Å². The van der Waals surface area contributed by atoms with Gasteiger partial charge in [0.1, 0.15) is 0 Å². The van der Waals surface area contributed by atoms with E-state index in [2.05, 4.69) is 17.6 Å². The van der Waals surface area contributed by atoms with Gasteiger partial charge in [-0.05, 0) is 54.5 Å². The first kappa shape index (κ1) is 18.7. The highest BCUT2D eigenvalue weighted by molar-refractivity contribution is 6.30. The average Bonchev–Trinajstić information content (AvgIpc) is 2.62. The third kappa shape index (κ3) is 6.43. The molecular weight excluding hydrogens is 336 g/mol. The Morgan fingerprint density at radius 2 is 1.72 bits per heavy atom. The number of hydrogen-bond acceptors (Lipinski definition) is 2. The van der Waals surface area contributed by atoms with Crippen LogP contribution in [-0.2, 0) is 4.79 Å². The maximum atomic E-state index is 11.9. The van der Waals surface area contributed by atoms with E-state index in [0.29, 0.717) is 22.8 Å². The van der Waals surface area contributed by atoms with Crippen molar-refractivity contribution >= 4 is 35.2 Å². The predicted molar refractivity (Wildman–Crippen MR) is 103 cm³/mol. The van der Waals surface area contributed by atoms with Gasteiger partial charge in [-0.15, -0.1) is 0 Å². The fraction of sp³-hybridized carbons (Fsp3) is 0.200. The van der Waals surface area contributed by atoms with Gasteiger partial charge < -0.3 is 10.6 Å².